The molecule has 0 bridgehead atoms. The monoisotopic (exact) mass is 525 g/mol. The molecule has 11 nitrogen and oxygen atoms in total. The van der Waals surface area contributed by atoms with Crippen molar-refractivity contribution in [2.75, 3.05) is 0 Å². The van der Waals surface area contributed by atoms with Gasteiger partial charge in [-0.2, -0.15) is 0 Å². The highest BCUT2D eigenvalue weighted by Gasteiger charge is 2.31. The lowest BCUT2D eigenvalue weighted by Crippen LogP contribution is -2.44. The number of hydrogen-bond donors (Lipinski definition) is 2. The Kier molecular flexibility index (Phi) is 8.83. The fraction of sp³-hybridized carbons (Fsp3) is 0.238. The van der Waals surface area contributed by atoms with Gasteiger partial charge in [-0.3, -0.25) is 9.59 Å². The maximum Gasteiger partial charge on any atom is 0.573 e. The average molecular weight is 525 g/mol. The molecule has 1 unspecified atom stereocenters. The van der Waals surface area contributed by atoms with Crippen molar-refractivity contribution in [3.63, 3.8) is 0 Å². The predicted molar refractivity (Wildman–Crippen MR) is 116 cm³/mol. The number of aliphatic carboxylic acids is 1. The Bertz CT molecular complexity index is 1190. The van der Waals surface area contributed by atoms with Crippen molar-refractivity contribution in [2.45, 2.75) is 42.0 Å². The third-order valence-electron chi connectivity index (χ3n) is 4.34. The highest BCUT2D eigenvalue weighted by atomic mass is 32.2. The lowest BCUT2D eigenvalue weighted by atomic mass is 10.1. The Morgan fingerprint density at radius 2 is 1.78 bits per heavy atom. The molecule has 1 aromatic heterocycles. The first-order valence-electron chi connectivity index (χ1n) is 10.1. The maximum absolute atomic E-state index is 12.8. The zero-order valence-corrected chi connectivity index (χ0v) is 19.0. The van der Waals surface area contributed by atoms with Gasteiger partial charge in [-0.25, -0.2) is 9.48 Å². The summed E-state index contributed by atoms with van der Waals surface area (Å²) >= 11 is 0.944. The second-order valence-corrected chi connectivity index (χ2v) is 8.10. The van der Waals surface area contributed by atoms with Crippen molar-refractivity contribution in [1.82, 2.24) is 25.5 Å². The quantitative estimate of drug-likeness (QED) is 0.383. The van der Waals surface area contributed by atoms with Crippen LogP contribution in [0.5, 0.6) is 5.75 Å². The summed E-state index contributed by atoms with van der Waals surface area (Å²) in [6.45, 7) is -0.567. The lowest BCUT2D eigenvalue weighted by molar-refractivity contribution is -0.274. The molecule has 36 heavy (non-hydrogen) atoms. The second-order valence-electron chi connectivity index (χ2n) is 7.06. The Morgan fingerprint density at radius 1 is 1.08 bits per heavy atom. The Hall–Kier alpha value is -4.14. The van der Waals surface area contributed by atoms with Gasteiger partial charge in [0.1, 0.15) is 24.9 Å². The summed E-state index contributed by atoms with van der Waals surface area (Å²) in [5.74, 6) is -2.45. The van der Waals surface area contributed by atoms with E-state index < -0.39 is 49.0 Å². The average Bonchev–Trinajstić information content (AvgIpc) is 3.24. The van der Waals surface area contributed by atoms with E-state index in [2.05, 4.69) is 25.6 Å². The van der Waals surface area contributed by atoms with E-state index >= 15 is 0 Å². The first kappa shape index (κ1) is 26.5. The zero-order valence-electron chi connectivity index (χ0n) is 18.2. The van der Waals surface area contributed by atoms with Crippen LogP contribution in [0.2, 0.25) is 0 Å². The number of tetrazole rings is 1. The topological polar surface area (TPSA) is 146 Å². The summed E-state index contributed by atoms with van der Waals surface area (Å²) in [5, 5.41) is 22.4. The van der Waals surface area contributed by atoms with Crippen LogP contribution >= 0.6 is 11.8 Å². The molecule has 0 radical (unpaired) electrons. The highest BCUT2D eigenvalue weighted by Crippen LogP contribution is 2.29. The summed E-state index contributed by atoms with van der Waals surface area (Å²) in [7, 11) is 0. The van der Waals surface area contributed by atoms with Crippen LogP contribution in [-0.4, -0.2) is 55.6 Å². The number of benzene rings is 2. The minimum atomic E-state index is -4.83. The molecule has 1 atom stereocenters. The van der Waals surface area contributed by atoms with Crippen LogP contribution in [0.3, 0.4) is 0 Å². The lowest BCUT2D eigenvalue weighted by Gasteiger charge is -2.16. The molecule has 0 fully saturated rings. The van der Waals surface area contributed by atoms with Gasteiger partial charge < -0.3 is 19.9 Å². The molecule has 1 amide bonds. The summed E-state index contributed by atoms with van der Waals surface area (Å²) in [6, 6.07) is 12.2. The molecular formula is C21H18F3N5O6S. The van der Waals surface area contributed by atoms with Crippen LogP contribution in [0, 0.1) is 0 Å². The number of hydrogen-bond acceptors (Lipinski definition) is 9. The third-order valence-corrected chi connectivity index (χ3v) is 5.33. The van der Waals surface area contributed by atoms with Gasteiger partial charge in [0.05, 0.1) is 6.42 Å². The summed E-state index contributed by atoms with van der Waals surface area (Å²) in [6.07, 6.45) is -6.51. The number of amides is 1. The van der Waals surface area contributed by atoms with Gasteiger partial charge in [-0.15, -0.1) is 18.3 Å². The summed E-state index contributed by atoms with van der Waals surface area (Å²) in [5.41, 5.74) is 0.696. The number of ether oxygens (including phenoxy) is 2. The van der Waals surface area contributed by atoms with E-state index in [1.165, 1.54) is 12.1 Å². The van der Waals surface area contributed by atoms with E-state index in [9.17, 15) is 27.6 Å². The molecule has 1 heterocycles. The van der Waals surface area contributed by atoms with E-state index in [0.717, 1.165) is 28.6 Å². The highest BCUT2D eigenvalue weighted by molar-refractivity contribution is 7.99. The number of carboxylic acid groups (broad SMARTS) is 1. The summed E-state index contributed by atoms with van der Waals surface area (Å²) < 4.78 is 46.8. The van der Waals surface area contributed by atoms with Gasteiger partial charge in [-0.1, -0.05) is 30.3 Å². The molecule has 0 saturated heterocycles. The maximum atomic E-state index is 12.8. The molecule has 2 N–H and O–H groups in total. The number of carbonyl (C=O) groups is 3. The van der Waals surface area contributed by atoms with Crippen LogP contribution in [0.4, 0.5) is 18.0 Å². The minimum absolute atomic E-state index is 0.0821. The number of rotatable bonds is 11. The third kappa shape index (κ3) is 8.57. The Balaban J connectivity index is 1.61. The van der Waals surface area contributed by atoms with E-state index in [0.29, 0.717) is 10.5 Å². The van der Waals surface area contributed by atoms with Gasteiger partial charge in [0.2, 0.25) is 5.16 Å². The van der Waals surface area contributed by atoms with E-state index in [1.807, 2.05) is 0 Å². The standard InChI is InChI=1S/C21H18F3N5O6S/c22-21(23,24)35-14-6-8-15(9-7-14)36-19-26-27-28-29(19)11-17(30)16(10-18(31)32)25-20(33)34-12-13-4-2-1-3-5-13/h1-9,16H,10-12H2,(H,25,33)(H,31,32). The van der Waals surface area contributed by atoms with Gasteiger partial charge in [-0.05, 0) is 52.0 Å². The van der Waals surface area contributed by atoms with Gasteiger partial charge >= 0.3 is 18.4 Å². The predicted octanol–water partition coefficient (Wildman–Crippen LogP) is 3.06. The van der Waals surface area contributed by atoms with Gasteiger partial charge in [0.15, 0.2) is 5.78 Å². The number of nitrogens with one attached hydrogen (secondary N) is 1. The van der Waals surface area contributed by atoms with Crippen LogP contribution in [0.1, 0.15) is 12.0 Å². The van der Waals surface area contributed by atoms with Gasteiger partial charge in [0, 0.05) is 4.90 Å². The van der Waals surface area contributed by atoms with E-state index in [-0.39, 0.29) is 11.8 Å². The fourth-order valence-electron chi connectivity index (χ4n) is 2.77. The van der Waals surface area contributed by atoms with E-state index in [1.54, 1.807) is 30.3 Å². The molecule has 0 aliphatic rings. The summed E-state index contributed by atoms with van der Waals surface area (Å²) in [4.78, 5) is 36.5. The fourth-order valence-corrected chi connectivity index (χ4v) is 3.54. The Morgan fingerprint density at radius 3 is 2.42 bits per heavy atom. The normalized spacial score (nSPS) is 12.0. The SMILES string of the molecule is O=C(O)CC(NC(=O)OCc1ccccc1)C(=O)Cn1nnnc1Sc1ccc(OC(F)(F)F)cc1. The number of aromatic nitrogens is 4. The van der Waals surface area contributed by atoms with Crippen molar-refractivity contribution in [3.8, 4) is 5.75 Å². The molecule has 190 valence electrons. The number of carbonyl (C=O) groups excluding carboxylic acids is 2. The molecule has 3 aromatic rings. The van der Waals surface area contributed by atoms with Crippen LogP contribution < -0.4 is 10.1 Å². The molecule has 0 spiro atoms. The molecule has 2 aromatic carbocycles. The van der Waals surface area contributed by atoms with Gasteiger partial charge in [0.25, 0.3) is 0 Å². The number of nitrogens with zero attached hydrogens (tertiary/aromatic N) is 4. The number of Topliss-reactive ketones (excluding diaryl/α,β-unsaturated/α-hetero) is 1. The molecule has 3 rings (SSSR count). The largest absolute Gasteiger partial charge is 0.573 e. The van der Waals surface area contributed by atoms with Crippen LogP contribution in [-0.2, 0) is 27.5 Å². The molecule has 15 heteroatoms. The zero-order chi connectivity index (χ0) is 26.1. The first-order valence-corrected chi connectivity index (χ1v) is 10.9. The minimum Gasteiger partial charge on any atom is -0.481 e. The number of alkyl halides is 3. The molecule has 0 aliphatic carbocycles. The van der Waals surface area contributed by atoms with Crippen molar-refractivity contribution >= 4 is 29.6 Å². The van der Waals surface area contributed by atoms with Crippen LogP contribution in [0.15, 0.2) is 64.6 Å². The first-order chi connectivity index (χ1) is 17.1. The van der Waals surface area contributed by atoms with Crippen molar-refractivity contribution < 1.29 is 42.1 Å². The number of halogens is 3. The Labute approximate surface area is 205 Å². The number of ketones is 1. The van der Waals surface area contributed by atoms with Crippen molar-refractivity contribution in [3.05, 3.63) is 60.2 Å². The number of alkyl carbamates (subject to hydrolysis) is 1. The number of carboxylic acids is 1. The molecule has 0 aliphatic heterocycles. The van der Waals surface area contributed by atoms with Crippen LogP contribution in [0.25, 0.3) is 0 Å². The van der Waals surface area contributed by atoms with Crippen molar-refractivity contribution in [1.29, 1.82) is 0 Å². The molecule has 0 saturated carbocycles. The van der Waals surface area contributed by atoms with E-state index in [4.69, 9.17) is 9.84 Å². The second kappa shape index (κ2) is 12.0. The molecular weight excluding hydrogens is 507 g/mol. The smallest absolute Gasteiger partial charge is 0.481 e. The van der Waals surface area contributed by atoms with Crippen molar-refractivity contribution in [2.24, 2.45) is 0 Å².